The lowest BCUT2D eigenvalue weighted by atomic mass is 9.98. The number of rotatable bonds is 3. The Morgan fingerprint density at radius 2 is 2.20 bits per heavy atom. The van der Waals surface area contributed by atoms with Crippen LogP contribution in [-0.4, -0.2) is 33.9 Å². The first kappa shape index (κ1) is 14.4. The Bertz CT molecular complexity index is 470. The van der Waals surface area contributed by atoms with E-state index in [1.165, 1.54) is 16.4 Å². The number of thiophene rings is 1. The third-order valence-electron chi connectivity index (χ3n) is 4.54. The van der Waals surface area contributed by atoms with Gasteiger partial charge in [0.1, 0.15) is 6.17 Å². The van der Waals surface area contributed by atoms with Gasteiger partial charge in [0.15, 0.2) is 0 Å². The minimum Gasteiger partial charge on any atom is -0.317 e. The SMILES string of the molecule is CCC1(C)NC(c2cccs2)N(C2CCSCC2)C1=O. The Morgan fingerprint density at radius 1 is 1.45 bits per heavy atom. The summed E-state index contributed by atoms with van der Waals surface area (Å²) in [5.74, 6) is 2.64. The van der Waals surface area contributed by atoms with Crippen LogP contribution in [0.15, 0.2) is 17.5 Å². The molecule has 2 atom stereocenters. The summed E-state index contributed by atoms with van der Waals surface area (Å²) in [5, 5.41) is 5.69. The fraction of sp³-hybridized carbons (Fsp3) is 0.667. The van der Waals surface area contributed by atoms with Crippen LogP contribution < -0.4 is 5.32 Å². The van der Waals surface area contributed by atoms with Crippen LogP contribution in [0.5, 0.6) is 0 Å². The molecule has 0 aromatic carbocycles. The average molecular weight is 310 g/mol. The summed E-state index contributed by atoms with van der Waals surface area (Å²) in [6.45, 7) is 4.14. The number of carbonyl (C=O) groups is 1. The molecule has 2 unspecified atom stereocenters. The van der Waals surface area contributed by atoms with E-state index in [9.17, 15) is 4.79 Å². The Kier molecular flexibility index (Phi) is 4.11. The summed E-state index contributed by atoms with van der Waals surface area (Å²) in [7, 11) is 0. The molecule has 2 saturated heterocycles. The van der Waals surface area contributed by atoms with Crippen LogP contribution in [0, 0.1) is 0 Å². The Balaban J connectivity index is 1.91. The van der Waals surface area contributed by atoms with E-state index in [0.29, 0.717) is 6.04 Å². The smallest absolute Gasteiger partial charge is 0.244 e. The molecule has 1 N–H and O–H groups in total. The van der Waals surface area contributed by atoms with Crippen molar-refractivity contribution in [3.63, 3.8) is 0 Å². The maximum absolute atomic E-state index is 12.9. The largest absolute Gasteiger partial charge is 0.317 e. The van der Waals surface area contributed by atoms with Crippen LogP contribution in [0.3, 0.4) is 0 Å². The van der Waals surface area contributed by atoms with E-state index < -0.39 is 5.54 Å². The zero-order valence-corrected chi connectivity index (χ0v) is 13.7. The minimum atomic E-state index is -0.404. The van der Waals surface area contributed by atoms with Gasteiger partial charge in [0.05, 0.1) is 5.54 Å². The maximum atomic E-state index is 12.9. The average Bonchev–Trinajstić information content (AvgIpc) is 3.08. The number of hydrogen-bond donors (Lipinski definition) is 1. The van der Waals surface area contributed by atoms with Crippen molar-refractivity contribution in [1.29, 1.82) is 0 Å². The van der Waals surface area contributed by atoms with E-state index in [0.717, 1.165) is 19.3 Å². The second-order valence-corrected chi connectivity index (χ2v) is 8.01. The van der Waals surface area contributed by atoms with Gasteiger partial charge in [-0.2, -0.15) is 11.8 Å². The first-order chi connectivity index (χ1) is 9.65. The third kappa shape index (κ3) is 2.40. The molecule has 1 amide bonds. The molecule has 0 aliphatic carbocycles. The normalized spacial score (nSPS) is 32.0. The van der Waals surface area contributed by atoms with Crippen LogP contribution in [0.1, 0.15) is 44.2 Å². The van der Waals surface area contributed by atoms with Crippen molar-refractivity contribution in [1.82, 2.24) is 10.2 Å². The fourth-order valence-electron chi connectivity index (χ4n) is 3.08. The third-order valence-corrected chi connectivity index (χ3v) is 6.52. The summed E-state index contributed by atoms with van der Waals surface area (Å²) < 4.78 is 0. The molecule has 2 fully saturated rings. The molecule has 1 aromatic heterocycles. The van der Waals surface area contributed by atoms with E-state index in [1.54, 1.807) is 11.3 Å². The Hall–Kier alpha value is -0.520. The van der Waals surface area contributed by atoms with Crippen LogP contribution >= 0.6 is 23.1 Å². The highest BCUT2D eigenvalue weighted by Gasteiger charge is 2.49. The van der Waals surface area contributed by atoms with Crippen molar-refractivity contribution >= 4 is 29.0 Å². The van der Waals surface area contributed by atoms with Crippen molar-refractivity contribution in [2.45, 2.75) is 50.9 Å². The van der Waals surface area contributed by atoms with Gasteiger partial charge in [-0.25, -0.2) is 0 Å². The molecular weight excluding hydrogens is 288 g/mol. The van der Waals surface area contributed by atoms with Crippen molar-refractivity contribution < 1.29 is 4.79 Å². The van der Waals surface area contributed by atoms with Gasteiger partial charge < -0.3 is 4.90 Å². The lowest BCUT2D eigenvalue weighted by molar-refractivity contribution is -0.135. The predicted molar refractivity (Wildman–Crippen MR) is 86.1 cm³/mol. The molecule has 110 valence electrons. The molecule has 5 heteroatoms. The minimum absolute atomic E-state index is 0.0700. The summed E-state index contributed by atoms with van der Waals surface area (Å²) in [5.41, 5.74) is -0.404. The Labute approximate surface area is 129 Å². The molecule has 3 heterocycles. The van der Waals surface area contributed by atoms with E-state index in [-0.39, 0.29) is 12.1 Å². The zero-order valence-electron chi connectivity index (χ0n) is 12.1. The van der Waals surface area contributed by atoms with E-state index in [2.05, 4.69) is 34.7 Å². The van der Waals surface area contributed by atoms with E-state index in [4.69, 9.17) is 0 Å². The van der Waals surface area contributed by atoms with Crippen LogP contribution in [-0.2, 0) is 4.79 Å². The molecule has 3 nitrogen and oxygen atoms in total. The molecule has 0 saturated carbocycles. The number of hydrogen-bond acceptors (Lipinski definition) is 4. The quantitative estimate of drug-likeness (QED) is 0.930. The molecule has 3 rings (SSSR count). The van der Waals surface area contributed by atoms with E-state index >= 15 is 0 Å². The topological polar surface area (TPSA) is 32.3 Å². The highest BCUT2D eigenvalue weighted by atomic mass is 32.2. The maximum Gasteiger partial charge on any atom is 0.244 e. The van der Waals surface area contributed by atoms with Crippen molar-refractivity contribution in [2.75, 3.05) is 11.5 Å². The Morgan fingerprint density at radius 3 is 2.80 bits per heavy atom. The van der Waals surface area contributed by atoms with Gasteiger partial charge >= 0.3 is 0 Å². The first-order valence-electron chi connectivity index (χ1n) is 7.37. The standard InChI is InChI=1S/C15H22N2OS2/c1-3-15(2)14(18)17(11-6-9-19-10-7-11)13(16-15)12-5-4-8-20-12/h4-5,8,11,13,16H,3,6-7,9-10H2,1-2H3. The van der Waals surface area contributed by atoms with Crippen LogP contribution in [0.4, 0.5) is 0 Å². The molecule has 0 radical (unpaired) electrons. The summed E-state index contributed by atoms with van der Waals surface area (Å²) in [6.07, 6.45) is 3.16. The molecule has 20 heavy (non-hydrogen) atoms. The van der Waals surface area contributed by atoms with Crippen molar-refractivity contribution in [2.24, 2.45) is 0 Å². The second-order valence-electron chi connectivity index (χ2n) is 5.80. The van der Waals surface area contributed by atoms with Crippen molar-refractivity contribution in [3.8, 4) is 0 Å². The molecule has 0 spiro atoms. The fourth-order valence-corrected chi connectivity index (χ4v) is 4.94. The molecule has 0 bridgehead atoms. The van der Waals surface area contributed by atoms with Gasteiger partial charge in [-0.1, -0.05) is 13.0 Å². The lowest BCUT2D eigenvalue weighted by Gasteiger charge is -2.34. The second kappa shape index (κ2) is 5.70. The predicted octanol–water partition coefficient (Wildman–Crippen LogP) is 3.24. The number of nitrogens with zero attached hydrogens (tertiary/aromatic N) is 1. The lowest BCUT2D eigenvalue weighted by Crippen LogP contribution is -2.45. The van der Waals surface area contributed by atoms with E-state index in [1.807, 2.05) is 18.7 Å². The van der Waals surface area contributed by atoms with Gasteiger partial charge in [0.2, 0.25) is 5.91 Å². The first-order valence-corrected chi connectivity index (χ1v) is 9.41. The summed E-state index contributed by atoms with van der Waals surface area (Å²) >= 11 is 3.75. The zero-order chi connectivity index (χ0) is 14.2. The van der Waals surface area contributed by atoms with Crippen LogP contribution in [0.25, 0.3) is 0 Å². The number of amides is 1. The number of thioether (sulfide) groups is 1. The van der Waals surface area contributed by atoms with Gasteiger partial charge in [-0.05, 0) is 49.1 Å². The van der Waals surface area contributed by atoms with Gasteiger partial charge in [-0.3, -0.25) is 10.1 Å². The summed E-state index contributed by atoms with van der Waals surface area (Å²) in [6, 6.07) is 4.61. The molecule has 2 aliphatic rings. The molecular formula is C15H22N2OS2. The monoisotopic (exact) mass is 310 g/mol. The highest BCUT2D eigenvalue weighted by molar-refractivity contribution is 7.99. The van der Waals surface area contributed by atoms with Crippen molar-refractivity contribution in [3.05, 3.63) is 22.4 Å². The van der Waals surface area contributed by atoms with Crippen LogP contribution in [0.2, 0.25) is 0 Å². The van der Waals surface area contributed by atoms with Gasteiger partial charge in [-0.15, -0.1) is 11.3 Å². The van der Waals surface area contributed by atoms with Gasteiger partial charge in [0, 0.05) is 10.9 Å². The summed E-state index contributed by atoms with van der Waals surface area (Å²) in [4.78, 5) is 16.3. The number of carbonyl (C=O) groups excluding carboxylic acids is 1. The van der Waals surface area contributed by atoms with Gasteiger partial charge in [0.25, 0.3) is 0 Å². The highest BCUT2D eigenvalue weighted by Crippen LogP contribution is 2.38. The molecule has 1 aromatic rings. The molecule has 2 aliphatic heterocycles. The number of nitrogens with one attached hydrogen (secondary N) is 1.